The Bertz CT molecular complexity index is 658. The number of carbonyl (C=O) groups is 3. The van der Waals surface area contributed by atoms with E-state index in [0.29, 0.717) is 35.8 Å². The molecule has 1 unspecified atom stereocenters. The average Bonchev–Trinajstić information content (AvgIpc) is 3.04. The zero-order valence-corrected chi connectivity index (χ0v) is 14.9. The quantitative estimate of drug-likeness (QED) is 0.880. The van der Waals surface area contributed by atoms with Crippen LogP contribution in [0.2, 0.25) is 0 Å². The highest BCUT2D eigenvalue weighted by molar-refractivity contribution is 7.99. The van der Waals surface area contributed by atoms with Crippen molar-refractivity contribution in [3.63, 3.8) is 0 Å². The molecule has 7 heteroatoms. The summed E-state index contributed by atoms with van der Waals surface area (Å²) in [6.07, 6.45) is 0. The predicted octanol–water partition coefficient (Wildman–Crippen LogP) is 2.08. The molecule has 0 spiro atoms. The molecule has 1 saturated heterocycles. The van der Waals surface area contributed by atoms with Gasteiger partial charge in [0.25, 0.3) is 5.91 Å². The first-order chi connectivity index (χ1) is 11.4. The number of hydrogen-bond donors (Lipinski definition) is 1. The highest BCUT2D eigenvalue weighted by Crippen LogP contribution is 2.25. The van der Waals surface area contributed by atoms with Crippen LogP contribution in [0.1, 0.15) is 40.1 Å². The Balaban J connectivity index is 2.28. The van der Waals surface area contributed by atoms with Crippen LogP contribution in [-0.2, 0) is 4.79 Å². The van der Waals surface area contributed by atoms with Crippen LogP contribution in [0.4, 0.5) is 0 Å². The van der Waals surface area contributed by atoms with Gasteiger partial charge in [-0.2, -0.15) is 0 Å². The number of likely N-dealkylation sites (N-methyl/N-ethyl adjacent to an activating group) is 1. The Morgan fingerprint density at radius 2 is 1.83 bits per heavy atom. The summed E-state index contributed by atoms with van der Waals surface area (Å²) in [5, 5.41) is 9.17. The van der Waals surface area contributed by atoms with Crippen molar-refractivity contribution in [2.45, 2.75) is 26.8 Å². The monoisotopic (exact) mass is 350 g/mol. The molecule has 1 atom stereocenters. The van der Waals surface area contributed by atoms with Crippen molar-refractivity contribution in [1.29, 1.82) is 0 Å². The van der Waals surface area contributed by atoms with Crippen molar-refractivity contribution >= 4 is 29.5 Å². The molecule has 0 bridgehead atoms. The van der Waals surface area contributed by atoms with Gasteiger partial charge in [-0.3, -0.25) is 9.59 Å². The number of carboxylic acid groups (broad SMARTS) is 1. The number of carboxylic acids is 1. The van der Waals surface area contributed by atoms with Crippen LogP contribution in [0.15, 0.2) is 18.2 Å². The van der Waals surface area contributed by atoms with E-state index in [0.717, 1.165) is 0 Å². The van der Waals surface area contributed by atoms with Crippen molar-refractivity contribution in [2.75, 3.05) is 24.7 Å². The van der Waals surface area contributed by atoms with Gasteiger partial charge in [-0.15, -0.1) is 11.8 Å². The van der Waals surface area contributed by atoms with Crippen molar-refractivity contribution in [3.8, 4) is 0 Å². The number of hydrogen-bond acceptors (Lipinski definition) is 4. The third kappa shape index (κ3) is 3.72. The molecule has 0 aromatic heterocycles. The molecule has 24 heavy (non-hydrogen) atoms. The van der Waals surface area contributed by atoms with Crippen LogP contribution < -0.4 is 0 Å². The third-order valence-corrected chi connectivity index (χ3v) is 5.09. The fraction of sp³-hybridized carbons (Fsp3) is 0.471. The van der Waals surface area contributed by atoms with E-state index in [1.807, 2.05) is 13.8 Å². The van der Waals surface area contributed by atoms with Crippen molar-refractivity contribution < 1.29 is 19.5 Å². The molecule has 1 fully saturated rings. The molecule has 1 aromatic rings. The van der Waals surface area contributed by atoms with Gasteiger partial charge in [0, 0.05) is 24.4 Å². The van der Waals surface area contributed by atoms with Crippen LogP contribution in [0.3, 0.4) is 0 Å². The zero-order chi connectivity index (χ0) is 17.9. The summed E-state index contributed by atoms with van der Waals surface area (Å²) in [5.74, 6) is -0.411. The summed E-state index contributed by atoms with van der Waals surface area (Å²) in [4.78, 5) is 39.9. The molecule has 1 aliphatic rings. The minimum absolute atomic E-state index is 0.0514. The molecule has 1 N–H and O–H groups in total. The van der Waals surface area contributed by atoms with Crippen LogP contribution in [0.5, 0.6) is 0 Å². The van der Waals surface area contributed by atoms with E-state index in [4.69, 9.17) is 5.11 Å². The maximum atomic E-state index is 12.8. The summed E-state index contributed by atoms with van der Waals surface area (Å²) in [6, 6.07) is 4.07. The lowest BCUT2D eigenvalue weighted by Gasteiger charge is -2.28. The highest BCUT2D eigenvalue weighted by Gasteiger charge is 2.37. The van der Waals surface area contributed by atoms with Crippen LogP contribution in [-0.4, -0.2) is 63.5 Å². The number of carbonyl (C=O) groups excluding carboxylic acids is 2. The fourth-order valence-corrected chi connectivity index (χ4v) is 3.93. The molecule has 0 saturated carbocycles. The van der Waals surface area contributed by atoms with E-state index in [9.17, 15) is 14.4 Å². The summed E-state index contributed by atoms with van der Waals surface area (Å²) < 4.78 is 0. The van der Waals surface area contributed by atoms with Crippen LogP contribution in [0, 0.1) is 6.92 Å². The van der Waals surface area contributed by atoms with Gasteiger partial charge < -0.3 is 14.9 Å². The fourth-order valence-electron chi connectivity index (χ4n) is 2.79. The second kappa shape index (κ2) is 7.70. The van der Waals surface area contributed by atoms with E-state index >= 15 is 0 Å². The number of rotatable bonds is 5. The lowest BCUT2D eigenvalue weighted by atomic mass is 10.0. The van der Waals surface area contributed by atoms with E-state index in [1.54, 1.807) is 22.8 Å². The molecule has 1 heterocycles. The average molecular weight is 350 g/mol. The summed E-state index contributed by atoms with van der Waals surface area (Å²) >= 11 is 1.54. The van der Waals surface area contributed by atoms with E-state index in [1.165, 1.54) is 23.9 Å². The lowest BCUT2D eigenvalue weighted by Crippen LogP contribution is -2.49. The number of aromatic carboxylic acids is 1. The second-order valence-electron chi connectivity index (χ2n) is 5.69. The van der Waals surface area contributed by atoms with Gasteiger partial charge in [-0.05, 0) is 44.5 Å². The topological polar surface area (TPSA) is 77.9 Å². The molecule has 2 amide bonds. The maximum absolute atomic E-state index is 12.8. The molecule has 2 rings (SSSR count). The number of nitrogens with zero attached hydrogens (tertiary/aromatic N) is 2. The largest absolute Gasteiger partial charge is 0.478 e. The second-order valence-corrected chi connectivity index (χ2v) is 6.69. The van der Waals surface area contributed by atoms with E-state index in [-0.39, 0.29) is 17.4 Å². The molecular weight excluding hydrogens is 328 g/mol. The first-order valence-corrected chi connectivity index (χ1v) is 9.07. The van der Waals surface area contributed by atoms with Crippen molar-refractivity contribution in [2.24, 2.45) is 0 Å². The Morgan fingerprint density at radius 1 is 1.21 bits per heavy atom. The molecule has 6 nitrogen and oxygen atoms in total. The first kappa shape index (κ1) is 18.3. The van der Waals surface area contributed by atoms with Crippen LogP contribution in [0.25, 0.3) is 0 Å². The van der Waals surface area contributed by atoms with Gasteiger partial charge in [0.05, 0.1) is 11.4 Å². The molecule has 1 aliphatic heterocycles. The first-order valence-electron chi connectivity index (χ1n) is 7.91. The van der Waals surface area contributed by atoms with Crippen LogP contribution >= 0.6 is 11.8 Å². The van der Waals surface area contributed by atoms with Gasteiger partial charge >= 0.3 is 5.97 Å². The summed E-state index contributed by atoms with van der Waals surface area (Å²) in [5.41, 5.74) is 1.10. The van der Waals surface area contributed by atoms with Gasteiger partial charge in [0.15, 0.2) is 0 Å². The summed E-state index contributed by atoms with van der Waals surface area (Å²) in [6.45, 7) is 6.78. The predicted molar refractivity (Wildman–Crippen MR) is 93.3 cm³/mol. The normalized spacial score (nSPS) is 17.0. The Labute approximate surface area is 145 Å². The lowest BCUT2D eigenvalue weighted by molar-refractivity contribution is -0.134. The minimum atomic E-state index is -1.07. The molecule has 1 aromatic carbocycles. The standard InChI is InChI=1S/C17H22N2O4S/c1-4-18(5-2)16(21)14-9-24-10-19(14)15(20)12-6-11(3)7-13(8-12)17(22)23/h6-8,14H,4-5,9-10H2,1-3H3,(H,22,23). The Kier molecular flexibility index (Phi) is 5.88. The molecular formula is C17H22N2O4S. The van der Waals surface area contributed by atoms with Gasteiger partial charge in [-0.1, -0.05) is 0 Å². The number of aryl methyl sites for hydroxylation is 1. The third-order valence-electron chi connectivity index (χ3n) is 4.07. The Hall–Kier alpha value is -2.02. The van der Waals surface area contributed by atoms with E-state index in [2.05, 4.69) is 0 Å². The highest BCUT2D eigenvalue weighted by atomic mass is 32.2. The maximum Gasteiger partial charge on any atom is 0.335 e. The van der Waals surface area contributed by atoms with Gasteiger partial charge in [-0.25, -0.2) is 4.79 Å². The smallest absolute Gasteiger partial charge is 0.335 e. The van der Waals surface area contributed by atoms with Gasteiger partial charge in [0.2, 0.25) is 5.91 Å². The SMILES string of the molecule is CCN(CC)C(=O)C1CSCN1C(=O)c1cc(C)cc(C(=O)O)c1. The zero-order valence-electron chi connectivity index (χ0n) is 14.1. The number of amides is 2. The van der Waals surface area contributed by atoms with E-state index < -0.39 is 12.0 Å². The molecule has 130 valence electrons. The number of benzene rings is 1. The molecule has 0 aliphatic carbocycles. The minimum Gasteiger partial charge on any atom is -0.478 e. The molecule has 0 radical (unpaired) electrons. The number of thioether (sulfide) groups is 1. The Morgan fingerprint density at radius 3 is 2.42 bits per heavy atom. The summed E-state index contributed by atoms with van der Waals surface area (Å²) in [7, 11) is 0. The van der Waals surface area contributed by atoms with Crippen molar-refractivity contribution in [3.05, 3.63) is 34.9 Å². The van der Waals surface area contributed by atoms with Crippen molar-refractivity contribution in [1.82, 2.24) is 9.80 Å². The van der Waals surface area contributed by atoms with Gasteiger partial charge in [0.1, 0.15) is 6.04 Å².